The Morgan fingerprint density at radius 2 is 1.96 bits per heavy atom. The molecule has 26 heavy (non-hydrogen) atoms. The summed E-state index contributed by atoms with van der Waals surface area (Å²) >= 11 is 3.54. The number of ether oxygens (including phenoxy) is 1. The number of anilines is 1. The Kier molecular flexibility index (Phi) is 4.67. The van der Waals surface area contributed by atoms with E-state index in [4.69, 9.17) is 9.11 Å². The lowest BCUT2D eigenvalue weighted by molar-refractivity contribution is 0.114. The maximum Gasteiger partial charge on any atom is 0.150 e. The van der Waals surface area contributed by atoms with Crippen LogP contribution in [0.15, 0.2) is 36.4 Å². The lowest BCUT2D eigenvalue weighted by atomic mass is 10.2. The van der Waals surface area contributed by atoms with Gasteiger partial charge in [-0.15, -0.1) is 11.3 Å². The predicted octanol–water partition coefficient (Wildman–Crippen LogP) is 4.53. The summed E-state index contributed by atoms with van der Waals surface area (Å²) < 4.78 is 11.8. The normalized spacial score (nSPS) is 21.7. The van der Waals surface area contributed by atoms with Crippen LogP contribution in [-0.2, 0) is 11.3 Å². The SMILES string of the molecule is c1ccc2c(N3CCN(Cc4ccc(C5CCCO5)s4)CC3)nsc2c1. The van der Waals surface area contributed by atoms with Crippen LogP contribution >= 0.6 is 22.9 Å². The van der Waals surface area contributed by atoms with E-state index < -0.39 is 0 Å². The number of aromatic nitrogens is 1. The van der Waals surface area contributed by atoms with Crippen LogP contribution in [-0.4, -0.2) is 42.1 Å². The zero-order chi connectivity index (χ0) is 17.3. The number of benzene rings is 1. The summed E-state index contributed by atoms with van der Waals surface area (Å²) in [5.74, 6) is 1.17. The van der Waals surface area contributed by atoms with Crippen LogP contribution in [0.5, 0.6) is 0 Å². The molecule has 0 amide bonds. The van der Waals surface area contributed by atoms with Crippen LogP contribution in [0.4, 0.5) is 5.82 Å². The van der Waals surface area contributed by atoms with E-state index >= 15 is 0 Å². The molecule has 2 aromatic heterocycles. The molecule has 0 N–H and O–H groups in total. The highest BCUT2D eigenvalue weighted by Crippen LogP contribution is 2.34. The third-order valence-electron chi connectivity index (χ3n) is 5.34. The molecule has 6 heteroatoms. The molecule has 4 nitrogen and oxygen atoms in total. The van der Waals surface area contributed by atoms with Gasteiger partial charge in [0.15, 0.2) is 0 Å². The van der Waals surface area contributed by atoms with E-state index in [1.165, 1.54) is 38.5 Å². The van der Waals surface area contributed by atoms with Gasteiger partial charge in [0.2, 0.25) is 0 Å². The Morgan fingerprint density at radius 1 is 1.08 bits per heavy atom. The molecule has 0 aliphatic carbocycles. The van der Waals surface area contributed by atoms with Gasteiger partial charge in [-0.05, 0) is 48.6 Å². The van der Waals surface area contributed by atoms with Gasteiger partial charge in [-0.25, -0.2) is 0 Å². The number of hydrogen-bond donors (Lipinski definition) is 0. The summed E-state index contributed by atoms with van der Waals surface area (Å²) in [5, 5.41) is 1.30. The van der Waals surface area contributed by atoms with Crippen molar-refractivity contribution in [2.75, 3.05) is 37.7 Å². The fraction of sp³-hybridized carbons (Fsp3) is 0.450. The molecule has 136 valence electrons. The first-order chi connectivity index (χ1) is 12.9. The van der Waals surface area contributed by atoms with Crippen molar-refractivity contribution < 1.29 is 4.74 Å². The average molecular weight is 386 g/mol. The van der Waals surface area contributed by atoms with Crippen molar-refractivity contribution in [1.29, 1.82) is 0 Å². The Labute approximate surface area is 162 Å². The minimum Gasteiger partial charge on any atom is -0.373 e. The number of nitrogens with zero attached hydrogens (tertiary/aromatic N) is 3. The number of fused-ring (bicyclic) bond motifs is 1. The smallest absolute Gasteiger partial charge is 0.150 e. The second-order valence-corrected chi connectivity index (χ2v) is 9.08. The summed E-state index contributed by atoms with van der Waals surface area (Å²) in [4.78, 5) is 7.88. The van der Waals surface area contributed by atoms with Gasteiger partial charge < -0.3 is 9.64 Å². The van der Waals surface area contributed by atoms with Gasteiger partial charge in [-0.3, -0.25) is 4.90 Å². The maximum absolute atomic E-state index is 5.82. The Balaban J connectivity index is 1.21. The van der Waals surface area contributed by atoms with Crippen molar-refractivity contribution in [3.05, 3.63) is 46.2 Å². The first-order valence-corrected chi connectivity index (χ1v) is 11.0. The van der Waals surface area contributed by atoms with Gasteiger partial charge in [-0.1, -0.05) is 12.1 Å². The predicted molar refractivity (Wildman–Crippen MR) is 109 cm³/mol. The zero-order valence-electron chi connectivity index (χ0n) is 14.8. The Morgan fingerprint density at radius 3 is 2.81 bits per heavy atom. The number of piperazine rings is 1. The number of rotatable bonds is 4. The minimum absolute atomic E-state index is 0.351. The fourth-order valence-corrected chi connectivity index (χ4v) is 5.83. The first kappa shape index (κ1) is 16.7. The van der Waals surface area contributed by atoms with Crippen LogP contribution in [0, 0.1) is 0 Å². The van der Waals surface area contributed by atoms with E-state index in [1.54, 1.807) is 11.5 Å². The lowest BCUT2D eigenvalue weighted by Crippen LogP contribution is -2.46. The molecule has 1 aromatic carbocycles. The first-order valence-electron chi connectivity index (χ1n) is 9.39. The van der Waals surface area contributed by atoms with Crippen molar-refractivity contribution >= 4 is 38.8 Å². The van der Waals surface area contributed by atoms with E-state index in [0.717, 1.165) is 39.3 Å². The van der Waals surface area contributed by atoms with Crippen molar-refractivity contribution in [1.82, 2.24) is 9.27 Å². The molecule has 2 fully saturated rings. The van der Waals surface area contributed by atoms with Gasteiger partial charge in [0, 0.05) is 54.5 Å². The molecule has 1 atom stereocenters. The second kappa shape index (κ2) is 7.27. The molecule has 3 aromatic rings. The Hall–Kier alpha value is -1.47. The molecule has 0 bridgehead atoms. The summed E-state index contributed by atoms with van der Waals surface area (Å²) in [6.07, 6.45) is 2.73. The summed E-state index contributed by atoms with van der Waals surface area (Å²) in [6.45, 7) is 6.28. The minimum atomic E-state index is 0.351. The molecular weight excluding hydrogens is 362 g/mol. The third kappa shape index (κ3) is 3.27. The lowest BCUT2D eigenvalue weighted by Gasteiger charge is -2.34. The van der Waals surface area contributed by atoms with Gasteiger partial charge in [0.25, 0.3) is 0 Å². The molecule has 5 rings (SSSR count). The molecule has 1 unspecified atom stereocenters. The molecule has 2 aliphatic rings. The highest BCUT2D eigenvalue weighted by Gasteiger charge is 2.23. The van der Waals surface area contributed by atoms with E-state index in [2.05, 4.69) is 46.2 Å². The van der Waals surface area contributed by atoms with Crippen LogP contribution < -0.4 is 4.90 Å². The molecular formula is C20H23N3OS2. The van der Waals surface area contributed by atoms with Gasteiger partial charge in [-0.2, -0.15) is 4.37 Å². The van der Waals surface area contributed by atoms with E-state index in [-0.39, 0.29) is 0 Å². The quantitative estimate of drug-likeness (QED) is 0.660. The Bertz CT molecular complexity index is 876. The van der Waals surface area contributed by atoms with Gasteiger partial charge in [0.05, 0.1) is 10.8 Å². The van der Waals surface area contributed by atoms with E-state index in [0.29, 0.717) is 6.10 Å². The van der Waals surface area contributed by atoms with Crippen LogP contribution in [0.25, 0.3) is 10.1 Å². The standard InChI is InChI=1S/C20H23N3OS2/c1-2-6-18-16(4-1)20(21-26-18)23-11-9-22(10-12-23)14-15-7-8-19(25-15)17-5-3-13-24-17/h1-2,4,6-8,17H,3,5,9-14H2. The highest BCUT2D eigenvalue weighted by atomic mass is 32.1. The largest absolute Gasteiger partial charge is 0.373 e. The van der Waals surface area contributed by atoms with Crippen molar-refractivity contribution in [2.45, 2.75) is 25.5 Å². The van der Waals surface area contributed by atoms with Crippen LogP contribution in [0.1, 0.15) is 28.7 Å². The van der Waals surface area contributed by atoms with Crippen molar-refractivity contribution in [3.8, 4) is 0 Å². The molecule has 0 spiro atoms. The highest BCUT2D eigenvalue weighted by molar-refractivity contribution is 7.13. The van der Waals surface area contributed by atoms with E-state index in [1.807, 2.05) is 11.3 Å². The topological polar surface area (TPSA) is 28.6 Å². The molecule has 2 saturated heterocycles. The number of thiophene rings is 1. The average Bonchev–Trinajstić information content (AvgIpc) is 3.43. The van der Waals surface area contributed by atoms with Crippen LogP contribution in [0.2, 0.25) is 0 Å². The number of hydrogen-bond acceptors (Lipinski definition) is 6. The monoisotopic (exact) mass is 385 g/mol. The summed E-state index contributed by atoms with van der Waals surface area (Å²) in [5.41, 5.74) is 0. The fourth-order valence-electron chi connectivity index (χ4n) is 3.89. The van der Waals surface area contributed by atoms with E-state index in [9.17, 15) is 0 Å². The maximum atomic E-state index is 5.82. The summed E-state index contributed by atoms with van der Waals surface area (Å²) in [6, 6.07) is 13.1. The van der Waals surface area contributed by atoms with Crippen molar-refractivity contribution in [2.24, 2.45) is 0 Å². The molecule has 0 radical (unpaired) electrons. The zero-order valence-corrected chi connectivity index (χ0v) is 16.4. The van der Waals surface area contributed by atoms with Gasteiger partial charge >= 0.3 is 0 Å². The second-order valence-electron chi connectivity index (χ2n) is 7.07. The molecule has 0 saturated carbocycles. The van der Waals surface area contributed by atoms with Gasteiger partial charge in [0.1, 0.15) is 5.82 Å². The molecule has 4 heterocycles. The third-order valence-corrected chi connectivity index (χ3v) is 7.32. The van der Waals surface area contributed by atoms with Crippen molar-refractivity contribution in [3.63, 3.8) is 0 Å². The molecule has 2 aliphatic heterocycles. The summed E-state index contributed by atoms with van der Waals surface area (Å²) in [7, 11) is 0. The van der Waals surface area contributed by atoms with Crippen LogP contribution in [0.3, 0.4) is 0 Å².